The van der Waals surface area contributed by atoms with Gasteiger partial charge in [0, 0.05) is 36.3 Å². The molecule has 0 atom stereocenters. The van der Waals surface area contributed by atoms with Gasteiger partial charge < -0.3 is 15.8 Å². The summed E-state index contributed by atoms with van der Waals surface area (Å²) in [6.07, 6.45) is 7.59. The Morgan fingerprint density at radius 2 is 1.96 bits per heavy atom. The van der Waals surface area contributed by atoms with Crippen LogP contribution in [-0.2, 0) is 4.74 Å². The molecule has 126 valence electrons. The Morgan fingerprint density at radius 1 is 1.25 bits per heavy atom. The monoisotopic (exact) mass is 325 g/mol. The first-order valence-electron chi connectivity index (χ1n) is 8.25. The van der Waals surface area contributed by atoms with E-state index in [4.69, 9.17) is 10.5 Å². The normalized spacial score (nSPS) is 16.0. The van der Waals surface area contributed by atoms with Crippen molar-refractivity contribution in [3.8, 4) is 11.1 Å². The lowest BCUT2D eigenvalue weighted by Crippen LogP contribution is -2.49. The zero-order valence-electron chi connectivity index (χ0n) is 13.9. The molecule has 5 heteroatoms. The molecule has 1 saturated carbocycles. The number of pyridine rings is 1. The smallest absolute Gasteiger partial charge is 0.251 e. The summed E-state index contributed by atoms with van der Waals surface area (Å²) in [7, 11) is 1.68. The summed E-state index contributed by atoms with van der Waals surface area (Å²) in [5, 5.41) is 3.18. The van der Waals surface area contributed by atoms with Crippen LogP contribution in [-0.4, -0.2) is 30.1 Å². The molecule has 3 N–H and O–H groups in total. The summed E-state index contributed by atoms with van der Waals surface area (Å²) in [5.41, 5.74) is 8.89. The third kappa shape index (κ3) is 3.41. The largest absolute Gasteiger partial charge is 0.398 e. The van der Waals surface area contributed by atoms with Crippen LogP contribution in [0.5, 0.6) is 0 Å². The maximum absolute atomic E-state index is 12.6. The van der Waals surface area contributed by atoms with E-state index in [0.717, 1.165) is 36.8 Å². The molecular weight excluding hydrogens is 302 g/mol. The number of aromatic nitrogens is 1. The zero-order chi connectivity index (χ0) is 17.0. The maximum atomic E-state index is 12.6. The van der Waals surface area contributed by atoms with Crippen molar-refractivity contribution in [2.24, 2.45) is 0 Å². The Hall–Kier alpha value is -2.40. The van der Waals surface area contributed by atoms with Crippen LogP contribution < -0.4 is 11.1 Å². The van der Waals surface area contributed by atoms with Crippen LogP contribution in [0.4, 0.5) is 5.69 Å². The molecule has 1 aromatic carbocycles. The van der Waals surface area contributed by atoms with Gasteiger partial charge in [-0.2, -0.15) is 0 Å². The number of methoxy groups -OCH3 is 1. The third-order valence-electron chi connectivity index (χ3n) is 4.67. The molecule has 24 heavy (non-hydrogen) atoms. The molecule has 2 aromatic rings. The van der Waals surface area contributed by atoms with Crippen LogP contribution in [0.2, 0.25) is 0 Å². The highest BCUT2D eigenvalue weighted by atomic mass is 16.5. The van der Waals surface area contributed by atoms with Gasteiger partial charge in [0.2, 0.25) is 0 Å². The Kier molecular flexibility index (Phi) is 4.81. The molecule has 1 amide bonds. The van der Waals surface area contributed by atoms with Crippen molar-refractivity contribution in [1.82, 2.24) is 10.3 Å². The second-order valence-electron chi connectivity index (χ2n) is 6.41. The van der Waals surface area contributed by atoms with E-state index >= 15 is 0 Å². The summed E-state index contributed by atoms with van der Waals surface area (Å²) in [4.78, 5) is 16.7. The number of ether oxygens (including phenoxy) is 1. The minimum Gasteiger partial charge on any atom is -0.398 e. The van der Waals surface area contributed by atoms with E-state index in [1.54, 1.807) is 25.6 Å². The molecule has 1 aromatic heterocycles. The van der Waals surface area contributed by atoms with Crippen molar-refractivity contribution in [3.63, 3.8) is 0 Å². The van der Waals surface area contributed by atoms with Crippen LogP contribution in [0.3, 0.4) is 0 Å². The van der Waals surface area contributed by atoms with Gasteiger partial charge in [0.25, 0.3) is 5.91 Å². The number of anilines is 1. The highest BCUT2D eigenvalue weighted by molar-refractivity contribution is 5.95. The minimum absolute atomic E-state index is 0.0559. The number of nitrogens with two attached hydrogens (primary N) is 1. The fourth-order valence-corrected chi connectivity index (χ4v) is 3.39. The van der Waals surface area contributed by atoms with Crippen LogP contribution >= 0.6 is 0 Å². The Bertz CT molecular complexity index is 707. The molecule has 1 aliphatic rings. The van der Waals surface area contributed by atoms with Crippen molar-refractivity contribution in [3.05, 3.63) is 48.3 Å². The quantitative estimate of drug-likeness (QED) is 0.886. The lowest BCUT2D eigenvalue weighted by molar-refractivity contribution is 0.0767. The highest BCUT2D eigenvalue weighted by Crippen LogP contribution is 2.30. The molecule has 1 aliphatic carbocycles. The van der Waals surface area contributed by atoms with Gasteiger partial charge in [0.1, 0.15) is 0 Å². The Labute approximate surface area is 142 Å². The van der Waals surface area contributed by atoms with Crippen molar-refractivity contribution < 1.29 is 9.53 Å². The topological polar surface area (TPSA) is 77.2 Å². The van der Waals surface area contributed by atoms with E-state index in [9.17, 15) is 4.79 Å². The van der Waals surface area contributed by atoms with Crippen molar-refractivity contribution in [2.45, 2.75) is 31.2 Å². The summed E-state index contributed by atoms with van der Waals surface area (Å²) in [5.74, 6) is -0.0559. The van der Waals surface area contributed by atoms with E-state index in [0.29, 0.717) is 17.9 Å². The standard InChI is InChI=1S/C19H23N3O2/c1-24-13-19(9-2-3-10-19)22-18(23)15-6-4-14(5-7-15)16-12-21-11-8-17(16)20/h4-8,11-12H,2-3,9-10,13H2,1H3,(H2,20,21)(H,22,23). The lowest BCUT2D eigenvalue weighted by Gasteiger charge is -2.29. The average molecular weight is 325 g/mol. The van der Waals surface area contributed by atoms with Gasteiger partial charge in [-0.15, -0.1) is 0 Å². The maximum Gasteiger partial charge on any atom is 0.251 e. The average Bonchev–Trinajstić information content (AvgIpc) is 3.04. The van der Waals surface area contributed by atoms with Gasteiger partial charge in [0.15, 0.2) is 0 Å². The van der Waals surface area contributed by atoms with E-state index in [-0.39, 0.29) is 11.4 Å². The van der Waals surface area contributed by atoms with Crippen LogP contribution in [0.15, 0.2) is 42.7 Å². The molecule has 1 heterocycles. The van der Waals surface area contributed by atoms with Gasteiger partial charge in [-0.1, -0.05) is 25.0 Å². The number of hydrogen-bond acceptors (Lipinski definition) is 4. The van der Waals surface area contributed by atoms with Gasteiger partial charge in [-0.25, -0.2) is 0 Å². The molecule has 0 spiro atoms. The third-order valence-corrected chi connectivity index (χ3v) is 4.67. The fourth-order valence-electron chi connectivity index (χ4n) is 3.39. The first kappa shape index (κ1) is 16.5. The predicted molar refractivity (Wildman–Crippen MR) is 94.6 cm³/mol. The van der Waals surface area contributed by atoms with E-state index in [1.807, 2.05) is 24.3 Å². The second kappa shape index (κ2) is 7.01. The van der Waals surface area contributed by atoms with Crippen LogP contribution in [0, 0.1) is 0 Å². The first-order valence-corrected chi connectivity index (χ1v) is 8.25. The van der Waals surface area contributed by atoms with Crippen molar-refractivity contribution >= 4 is 11.6 Å². The molecule has 5 nitrogen and oxygen atoms in total. The van der Waals surface area contributed by atoms with Crippen molar-refractivity contribution in [1.29, 1.82) is 0 Å². The summed E-state index contributed by atoms with van der Waals surface area (Å²) < 4.78 is 5.32. The zero-order valence-corrected chi connectivity index (χ0v) is 13.9. The fraction of sp³-hybridized carbons (Fsp3) is 0.368. The molecule has 0 unspecified atom stereocenters. The number of amides is 1. The van der Waals surface area contributed by atoms with E-state index in [2.05, 4.69) is 10.3 Å². The molecule has 1 fully saturated rings. The predicted octanol–water partition coefficient (Wildman–Crippen LogP) is 3.02. The van der Waals surface area contributed by atoms with Gasteiger partial charge >= 0.3 is 0 Å². The summed E-state index contributed by atoms with van der Waals surface area (Å²) in [6, 6.07) is 9.23. The first-order chi connectivity index (χ1) is 11.6. The van der Waals surface area contributed by atoms with Gasteiger partial charge in [-0.3, -0.25) is 9.78 Å². The van der Waals surface area contributed by atoms with Crippen molar-refractivity contribution in [2.75, 3.05) is 19.5 Å². The molecule has 0 aliphatic heterocycles. The molecule has 0 saturated heterocycles. The molecule has 0 bridgehead atoms. The number of nitrogen functional groups attached to an aromatic ring is 1. The summed E-state index contributed by atoms with van der Waals surface area (Å²) in [6.45, 7) is 0.559. The Morgan fingerprint density at radius 3 is 2.58 bits per heavy atom. The number of nitrogens with one attached hydrogen (secondary N) is 1. The number of carbonyl (C=O) groups excluding carboxylic acids is 1. The molecule has 0 radical (unpaired) electrons. The van der Waals surface area contributed by atoms with Gasteiger partial charge in [0.05, 0.1) is 12.1 Å². The summed E-state index contributed by atoms with van der Waals surface area (Å²) >= 11 is 0. The highest BCUT2D eigenvalue weighted by Gasteiger charge is 2.35. The SMILES string of the molecule is COCC1(NC(=O)c2ccc(-c3cnccc3N)cc2)CCCC1. The molecule has 3 rings (SSSR count). The van der Waals surface area contributed by atoms with E-state index in [1.165, 1.54) is 0 Å². The number of hydrogen-bond donors (Lipinski definition) is 2. The Balaban J connectivity index is 1.76. The van der Waals surface area contributed by atoms with Gasteiger partial charge in [-0.05, 0) is 36.6 Å². The minimum atomic E-state index is -0.224. The number of rotatable bonds is 5. The van der Waals surface area contributed by atoms with Crippen LogP contribution in [0.1, 0.15) is 36.0 Å². The number of benzene rings is 1. The second-order valence-corrected chi connectivity index (χ2v) is 6.41. The van der Waals surface area contributed by atoms with E-state index < -0.39 is 0 Å². The van der Waals surface area contributed by atoms with Crippen LogP contribution in [0.25, 0.3) is 11.1 Å². The number of nitrogens with zero attached hydrogens (tertiary/aromatic N) is 1. The molecular formula is C19H23N3O2. The lowest BCUT2D eigenvalue weighted by atomic mass is 9.97. The number of carbonyl (C=O) groups is 1.